The average molecular weight is 402 g/mol. The highest BCUT2D eigenvalue weighted by molar-refractivity contribution is 6.32. The van der Waals surface area contributed by atoms with Crippen molar-refractivity contribution < 1.29 is 9.53 Å². The lowest BCUT2D eigenvalue weighted by Crippen LogP contribution is -2.15. The summed E-state index contributed by atoms with van der Waals surface area (Å²) in [6.45, 7) is 11.2. The molecule has 0 aliphatic rings. The molecule has 152 valence electrons. The monoisotopic (exact) mass is 401 g/mol. The summed E-state index contributed by atoms with van der Waals surface area (Å²) in [4.78, 5) is 12.4. The van der Waals surface area contributed by atoms with Crippen LogP contribution in [0.3, 0.4) is 0 Å². The summed E-state index contributed by atoms with van der Waals surface area (Å²) in [5, 5.41) is 3.77. The van der Waals surface area contributed by atoms with E-state index in [1.807, 2.05) is 24.3 Å². The summed E-state index contributed by atoms with van der Waals surface area (Å²) in [7, 11) is 0. The second-order valence-electron chi connectivity index (χ2n) is 8.04. The molecule has 1 N–H and O–H groups in total. The molecule has 0 aliphatic carbocycles. The number of hydrogen-bond acceptors (Lipinski definition) is 2. The quantitative estimate of drug-likeness (QED) is 0.508. The molecule has 0 atom stereocenters. The number of nitrogens with one attached hydrogen (secondary N) is 1. The Morgan fingerprint density at radius 3 is 2.29 bits per heavy atom. The van der Waals surface area contributed by atoms with Crippen molar-refractivity contribution in [3.63, 3.8) is 0 Å². The largest absolute Gasteiger partial charge is 0.494 e. The van der Waals surface area contributed by atoms with E-state index in [0.29, 0.717) is 24.5 Å². The van der Waals surface area contributed by atoms with Crippen molar-refractivity contribution in [3.8, 4) is 5.75 Å². The van der Waals surface area contributed by atoms with Crippen LogP contribution < -0.4 is 10.1 Å². The van der Waals surface area contributed by atoms with Crippen molar-refractivity contribution in [3.05, 3.63) is 58.1 Å². The molecule has 0 unspecified atom stereocenters. The normalized spacial score (nSPS) is 11.4. The SMILES string of the molecule is CCc1ccc(Cl)c(CC)c1NC(=O)CCCOc1ccc(C(C)(C)C)cc1. The Hall–Kier alpha value is -2.00. The van der Waals surface area contributed by atoms with Crippen molar-refractivity contribution in [1.29, 1.82) is 0 Å². The van der Waals surface area contributed by atoms with E-state index in [1.54, 1.807) is 0 Å². The number of benzene rings is 2. The van der Waals surface area contributed by atoms with Gasteiger partial charge in [-0.05, 0) is 59.6 Å². The van der Waals surface area contributed by atoms with E-state index in [-0.39, 0.29) is 11.3 Å². The Morgan fingerprint density at radius 2 is 1.71 bits per heavy atom. The number of anilines is 1. The van der Waals surface area contributed by atoms with E-state index in [4.69, 9.17) is 16.3 Å². The summed E-state index contributed by atoms with van der Waals surface area (Å²) in [5.74, 6) is 0.836. The van der Waals surface area contributed by atoms with Crippen molar-refractivity contribution >= 4 is 23.2 Å². The summed E-state index contributed by atoms with van der Waals surface area (Å²) in [6.07, 6.45) is 2.72. The predicted octanol–water partition coefficient (Wildman–Crippen LogP) is 6.56. The summed E-state index contributed by atoms with van der Waals surface area (Å²) < 4.78 is 5.78. The van der Waals surface area contributed by atoms with Crippen LogP contribution in [0.15, 0.2) is 36.4 Å². The molecule has 2 rings (SSSR count). The van der Waals surface area contributed by atoms with E-state index in [2.05, 4.69) is 52.1 Å². The van der Waals surface area contributed by atoms with Gasteiger partial charge in [-0.15, -0.1) is 0 Å². The Morgan fingerprint density at radius 1 is 1.04 bits per heavy atom. The molecule has 0 saturated heterocycles. The van der Waals surface area contributed by atoms with Crippen molar-refractivity contribution in [2.75, 3.05) is 11.9 Å². The van der Waals surface area contributed by atoms with Gasteiger partial charge in [-0.1, -0.05) is 64.4 Å². The van der Waals surface area contributed by atoms with Gasteiger partial charge in [-0.25, -0.2) is 0 Å². The Kier molecular flexibility index (Phi) is 7.94. The van der Waals surface area contributed by atoms with Crippen LogP contribution in [0.1, 0.15) is 64.2 Å². The fraction of sp³-hybridized carbons (Fsp3) is 0.458. The molecular weight excluding hydrogens is 370 g/mol. The lowest BCUT2D eigenvalue weighted by atomic mass is 9.87. The minimum absolute atomic E-state index is 0.00153. The molecule has 2 aromatic rings. The fourth-order valence-electron chi connectivity index (χ4n) is 3.14. The summed E-state index contributed by atoms with van der Waals surface area (Å²) in [6, 6.07) is 12.1. The molecule has 3 nitrogen and oxygen atoms in total. The topological polar surface area (TPSA) is 38.3 Å². The first-order valence-electron chi connectivity index (χ1n) is 10.1. The second-order valence-corrected chi connectivity index (χ2v) is 8.45. The highest BCUT2D eigenvalue weighted by atomic mass is 35.5. The van der Waals surface area contributed by atoms with Gasteiger partial charge < -0.3 is 10.1 Å². The molecule has 0 spiro atoms. The third-order valence-corrected chi connectivity index (χ3v) is 5.23. The number of rotatable bonds is 8. The van der Waals surface area contributed by atoms with Crippen LogP contribution in [0.5, 0.6) is 5.75 Å². The maximum absolute atomic E-state index is 12.4. The smallest absolute Gasteiger partial charge is 0.224 e. The van der Waals surface area contributed by atoms with Crippen molar-refractivity contribution in [1.82, 2.24) is 0 Å². The van der Waals surface area contributed by atoms with E-state index >= 15 is 0 Å². The van der Waals surface area contributed by atoms with E-state index < -0.39 is 0 Å². The van der Waals surface area contributed by atoms with Gasteiger partial charge in [0.25, 0.3) is 0 Å². The molecule has 0 saturated carbocycles. The number of carbonyl (C=O) groups is 1. The molecule has 0 bridgehead atoms. The average Bonchev–Trinajstić information content (AvgIpc) is 2.65. The standard InChI is InChI=1S/C24H32ClNO2/c1-6-17-10-15-21(25)20(7-2)23(17)26-22(27)9-8-16-28-19-13-11-18(12-14-19)24(3,4)5/h10-15H,6-9,16H2,1-5H3,(H,26,27). The van der Waals surface area contributed by atoms with Crippen LogP contribution in [0, 0.1) is 0 Å². The second kappa shape index (κ2) is 9.97. The molecule has 0 aromatic heterocycles. The number of hydrogen-bond donors (Lipinski definition) is 1. The number of ether oxygens (including phenoxy) is 1. The molecule has 0 heterocycles. The first kappa shape index (κ1) is 22.3. The molecule has 0 aliphatic heterocycles. The Bertz CT molecular complexity index is 791. The zero-order valence-electron chi connectivity index (χ0n) is 17.7. The van der Waals surface area contributed by atoms with Gasteiger partial charge in [-0.3, -0.25) is 4.79 Å². The number of halogens is 1. The zero-order chi connectivity index (χ0) is 20.7. The molecule has 0 radical (unpaired) electrons. The van der Waals surface area contributed by atoms with Crippen LogP contribution in [-0.2, 0) is 23.1 Å². The van der Waals surface area contributed by atoms with Gasteiger partial charge in [0.2, 0.25) is 5.91 Å². The van der Waals surface area contributed by atoms with E-state index in [0.717, 1.165) is 35.4 Å². The lowest BCUT2D eigenvalue weighted by molar-refractivity contribution is -0.116. The summed E-state index contributed by atoms with van der Waals surface area (Å²) in [5.41, 5.74) is 4.40. The van der Waals surface area contributed by atoms with Gasteiger partial charge in [0, 0.05) is 17.1 Å². The van der Waals surface area contributed by atoms with Crippen LogP contribution >= 0.6 is 11.6 Å². The number of carbonyl (C=O) groups excluding carboxylic acids is 1. The lowest BCUT2D eigenvalue weighted by Gasteiger charge is -2.19. The maximum Gasteiger partial charge on any atom is 0.224 e. The van der Waals surface area contributed by atoms with Crippen molar-refractivity contribution in [2.24, 2.45) is 0 Å². The van der Waals surface area contributed by atoms with Crippen molar-refractivity contribution in [2.45, 2.75) is 65.7 Å². The van der Waals surface area contributed by atoms with Gasteiger partial charge in [0.05, 0.1) is 6.61 Å². The molecule has 0 fully saturated rings. The predicted molar refractivity (Wildman–Crippen MR) is 119 cm³/mol. The van der Waals surface area contributed by atoms with Crippen LogP contribution in [-0.4, -0.2) is 12.5 Å². The molecule has 28 heavy (non-hydrogen) atoms. The maximum atomic E-state index is 12.4. The van der Waals surface area contributed by atoms with Crippen LogP contribution in [0.4, 0.5) is 5.69 Å². The minimum atomic E-state index is -0.00153. The Balaban J connectivity index is 1.86. The third-order valence-electron chi connectivity index (χ3n) is 4.88. The highest BCUT2D eigenvalue weighted by Gasteiger charge is 2.14. The summed E-state index contributed by atoms with van der Waals surface area (Å²) >= 11 is 6.30. The first-order chi connectivity index (χ1) is 13.3. The molecule has 4 heteroatoms. The van der Waals surface area contributed by atoms with Gasteiger partial charge in [0.15, 0.2) is 0 Å². The van der Waals surface area contributed by atoms with Gasteiger partial charge in [-0.2, -0.15) is 0 Å². The van der Waals surface area contributed by atoms with Gasteiger partial charge in [0.1, 0.15) is 5.75 Å². The van der Waals surface area contributed by atoms with E-state index in [1.165, 1.54) is 5.56 Å². The molecule has 1 amide bonds. The molecule has 2 aromatic carbocycles. The highest BCUT2D eigenvalue weighted by Crippen LogP contribution is 2.29. The first-order valence-corrected chi connectivity index (χ1v) is 10.5. The van der Waals surface area contributed by atoms with Gasteiger partial charge >= 0.3 is 0 Å². The number of aryl methyl sites for hydroxylation is 1. The Labute approximate surface area is 174 Å². The zero-order valence-corrected chi connectivity index (χ0v) is 18.5. The number of amides is 1. The minimum Gasteiger partial charge on any atom is -0.494 e. The fourth-order valence-corrected chi connectivity index (χ4v) is 3.43. The van der Waals surface area contributed by atoms with Crippen LogP contribution in [0.25, 0.3) is 0 Å². The van der Waals surface area contributed by atoms with Crippen LogP contribution in [0.2, 0.25) is 5.02 Å². The van der Waals surface area contributed by atoms with E-state index in [9.17, 15) is 4.79 Å². The third kappa shape index (κ3) is 6.00. The molecular formula is C24H32ClNO2.